The fraction of sp³-hybridized carbons (Fsp3) is 0.417. The fourth-order valence-corrected chi connectivity index (χ4v) is 1.71. The van der Waals surface area contributed by atoms with Gasteiger partial charge in [0.2, 0.25) is 0 Å². The van der Waals surface area contributed by atoms with Gasteiger partial charge in [-0.3, -0.25) is 14.9 Å². The molecule has 0 aliphatic carbocycles. The van der Waals surface area contributed by atoms with Crippen LogP contribution in [0.25, 0.3) is 0 Å². The Labute approximate surface area is 123 Å². The summed E-state index contributed by atoms with van der Waals surface area (Å²) in [6.07, 6.45) is 0.571. The number of halogens is 2. The largest absolute Gasteiger partial charge is 0.381 e. The van der Waals surface area contributed by atoms with Crippen LogP contribution in [0.5, 0.6) is 0 Å². The van der Waals surface area contributed by atoms with Crippen molar-refractivity contribution in [2.24, 2.45) is 0 Å². The third-order valence-corrected chi connectivity index (χ3v) is 2.70. The highest BCUT2D eigenvalue weighted by Crippen LogP contribution is 2.19. The van der Waals surface area contributed by atoms with Gasteiger partial charge in [-0.05, 0) is 18.6 Å². The second-order valence-electron chi connectivity index (χ2n) is 3.83. The van der Waals surface area contributed by atoms with Crippen molar-refractivity contribution in [2.45, 2.75) is 6.42 Å². The number of hydrogen-bond donors (Lipinski definition) is 1. The lowest BCUT2D eigenvalue weighted by atomic mass is 10.1. The lowest BCUT2D eigenvalue weighted by Gasteiger charge is -2.06. The van der Waals surface area contributed by atoms with Crippen molar-refractivity contribution in [1.82, 2.24) is 5.32 Å². The molecule has 0 atom stereocenters. The molecule has 1 amide bonds. The van der Waals surface area contributed by atoms with Gasteiger partial charge in [-0.1, -0.05) is 15.9 Å². The van der Waals surface area contributed by atoms with Gasteiger partial charge in [0.05, 0.1) is 11.5 Å². The number of nitrogens with zero attached hydrogens (tertiary/aromatic N) is 1. The first-order valence-corrected chi connectivity index (χ1v) is 7.04. The minimum Gasteiger partial charge on any atom is -0.381 e. The summed E-state index contributed by atoms with van der Waals surface area (Å²) in [5, 5.41) is 14.0. The van der Waals surface area contributed by atoms with E-state index >= 15 is 0 Å². The number of amides is 1. The predicted molar refractivity (Wildman–Crippen MR) is 74.6 cm³/mol. The molecule has 0 saturated carbocycles. The third kappa shape index (κ3) is 5.22. The first-order valence-electron chi connectivity index (χ1n) is 5.92. The molecule has 20 heavy (non-hydrogen) atoms. The number of nitro benzene ring substituents is 1. The number of carbonyl (C=O) groups excluding carboxylic acids is 1. The first kappa shape index (κ1) is 16.5. The number of ether oxygens (including phenoxy) is 1. The molecule has 1 aromatic carbocycles. The zero-order chi connectivity index (χ0) is 15.0. The average molecular weight is 349 g/mol. The quantitative estimate of drug-likeness (QED) is 0.338. The molecule has 0 aliphatic heterocycles. The zero-order valence-corrected chi connectivity index (χ0v) is 12.2. The molecule has 1 N–H and O–H groups in total. The number of alkyl halides is 1. The lowest BCUT2D eigenvalue weighted by Crippen LogP contribution is -2.26. The van der Waals surface area contributed by atoms with Gasteiger partial charge in [0.25, 0.3) is 11.6 Å². The van der Waals surface area contributed by atoms with Crippen LogP contribution in [0.15, 0.2) is 18.2 Å². The molecular formula is C12H14BrFN2O4. The Hall–Kier alpha value is -1.54. The maximum atomic E-state index is 13.1. The Balaban J connectivity index is 2.54. The normalized spacial score (nSPS) is 10.3. The van der Waals surface area contributed by atoms with Crippen LogP contribution in [-0.4, -0.2) is 35.9 Å². The highest BCUT2D eigenvalue weighted by molar-refractivity contribution is 9.09. The Morgan fingerprint density at radius 3 is 2.85 bits per heavy atom. The molecule has 0 aliphatic rings. The summed E-state index contributed by atoms with van der Waals surface area (Å²) in [6, 6.07) is 2.78. The van der Waals surface area contributed by atoms with Crippen molar-refractivity contribution in [3.8, 4) is 0 Å². The van der Waals surface area contributed by atoms with Crippen LogP contribution in [-0.2, 0) is 4.74 Å². The molecule has 110 valence electrons. The maximum absolute atomic E-state index is 13.1. The van der Waals surface area contributed by atoms with Crippen molar-refractivity contribution in [3.05, 3.63) is 39.7 Å². The number of nitrogens with one attached hydrogen (secondary N) is 1. The molecule has 0 unspecified atom stereocenters. The summed E-state index contributed by atoms with van der Waals surface area (Å²) in [5.41, 5.74) is -0.698. The van der Waals surface area contributed by atoms with Crippen molar-refractivity contribution >= 4 is 27.5 Å². The summed E-state index contributed by atoms with van der Waals surface area (Å²) in [5.74, 6) is -1.36. The summed E-state index contributed by atoms with van der Waals surface area (Å²) < 4.78 is 18.3. The van der Waals surface area contributed by atoms with Crippen LogP contribution >= 0.6 is 15.9 Å². The third-order valence-electron chi connectivity index (χ3n) is 2.37. The number of carbonyl (C=O) groups is 1. The molecule has 0 aromatic heterocycles. The minimum atomic E-state index is -0.715. The topological polar surface area (TPSA) is 81.5 Å². The molecule has 8 heteroatoms. The average Bonchev–Trinajstić information content (AvgIpc) is 2.42. The maximum Gasteiger partial charge on any atom is 0.282 e. The van der Waals surface area contributed by atoms with E-state index in [4.69, 9.17) is 4.74 Å². The van der Waals surface area contributed by atoms with Crippen LogP contribution in [0.1, 0.15) is 16.8 Å². The molecule has 0 spiro atoms. The smallest absolute Gasteiger partial charge is 0.282 e. The number of benzene rings is 1. The molecule has 0 saturated heterocycles. The molecule has 6 nitrogen and oxygen atoms in total. The minimum absolute atomic E-state index is 0.281. The van der Waals surface area contributed by atoms with Crippen molar-refractivity contribution < 1.29 is 18.8 Å². The van der Waals surface area contributed by atoms with Gasteiger partial charge in [0, 0.05) is 24.5 Å². The predicted octanol–water partition coefficient (Wildman–Crippen LogP) is 2.27. The molecule has 0 radical (unpaired) electrons. The first-order chi connectivity index (χ1) is 9.56. The lowest BCUT2D eigenvalue weighted by molar-refractivity contribution is -0.385. The van der Waals surface area contributed by atoms with Gasteiger partial charge in [-0.15, -0.1) is 0 Å². The molecule has 0 heterocycles. The van der Waals surface area contributed by atoms with E-state index in [0.717, 1.165) is 23.5 Å². The zero-order valence-electron chi connectivity index (χ0n) is 10.6. The van der Waals surface area contributed by atoms with E-state index in [1.54, 1.807) is 0 Å². The molecule has 0 bridgehead atoms. The van der Waals surface area contributed by atoms with E-state index in [2.05, 4.69) is 21.2 Å². The Morgan fingerprint density at radius 1 is 1.45 bits per heavy atom. The van der Waals surface area contributed by atoms with Crippen LogP contribution in [0.4, 0.5) is 10.1 Å². The highest BCUT2D eigenvalue weighted by Gasteiger charge is 2.20. The summed E-state index contributed by atoms with van der Waals surface area (Å²) >= 11 is 3.21. The van der Waals surface area contributed by atoms with Gasteiger partial charge in [-0.2, -0.15) is 0 Å². The van der Waals surface area contributed by atoms with Crippen molar-refractivity contribution in [2.75, 3.05) is 25.1 Å². The van der Waals surface area contributed by atoms with E-state index in [1.807, 2.05) is 0 Å². The van der Waals surface area contributed by atoms with E-state index in [9.17, 15) is 19.3 Å². The Bertz CT molecular complexity index is 485. The second-order valence-corrected chi connectivity index (χ2v) is 4.62. The van der Waals surface area contributed by atoms with E-state index in [1.165, 1.54) is 0 Å². The van der Waals surface area contributed by atoms with E-state index < -0.39 is 22.3 Å². The second kappa shape index (κ2) is 8.60. The monoisotopic (exact) mass is 348 g/mol. The SMILES string of the molecule is O=C(NCCCOCCBr)c1cc(F)ccc1[N+](=O)[O-]. The standard InChI is InChI=1S/C12H14BrFN2O4/c13-4-7-20-6-1-5-15-12(17)10-8-9(14)2-3-11(10)16(18)19/h2-3,8H,1,4-7H2,(H,15,17). The van der Waals surface area contributed by atoms with Gasteiger partial charge >= 0.3 is 0 Å². The molecule has 0 fully saturated rings. The summed E-state index contributed by atoms with van der Waals surface area (Å²) in [4.78, 5) is 21.8. The van der Waals surface area contributed by atoms with Crippen LogP contribution in [0.2, 0.25) is 0 Å². The summed E-state index contributed by atoms with van der Waals surface area (Å²) in [6.45, 7) is 1.34. The summed E-state index contributed by atoms with van der Waals surface area (Å²) in [7, 11) is 0. The molecule has 1 aromatic rings. The fourth-order valence-electron chi connectivity index (χ4n) is 1.48. The van der Waals surface area contributed by atoms with Gasteiger partial charge in [0.1, 0.15) is 11.4 Å². The van der Waals surface area contributed by atoms with Gasteiger partial charge in [0.15, 0.2) is 0 Å². The van der Waals surface area contributed by atoms with Crippen molar-refractivity contribution in [3.63, 3.8) is 0 Å². The van der Waals surface area contributed by atoms with Crippen LogP contribution in [0.3, 0.4) is 0 Å². The van der Waals surface area contributed by atoms with Crippen LogP contribution < -0.4 is 5.32 Å². The highest BCUT2D eigenvalue weighted by atomic mass is 79.9. The van der Waals surface area contributed by atoms with Crippen LogP contribution in [0, 0.1) is 15.9 Å². The molecule has 1 rings (SSSR count). The van der Waals surface area contributed by atoms with E-state index in [0.29, 0.717) is 26.2 Å². The van der Waals surface area contributed by atoms with Gasteiger partial charge in [-0.25, -0.2) is 4.39 Å². The van der Waals surface area contributed by atoms with E-state index in [-0.39, 0.29) is 5.56 Å². The number of hydrogen-bond acceptors (Lipinski definition) is 4. The Morgan fingerprint density at radius 2 is 2.20 bits per heavy atom. The number of rotatable bonds is 8. The molecular weight excluding hydrogens is 335 g/mol. The Kier molecular flexibility index (Phi) is 7.10. The van der Waals surface area contributed by atoms with Gasteiger partial charge < -0.3 is 10.1 Å². The number of nitro groups is 1. The van der Waals surface area contributed by atoms with Crippen molar-refractivity contribution in [1.29, 1.82) is 0 Å².